The number of nitrogens with zero attached hydrogens (tertiary/aromatic N) is 3. The van der Waals surface area contributed by atoms with E-state index in [0.717, 1.165) is 31.7 Å². The molecule has 1 fully saturated rings. The number of hydrogen-bond donors (Lipinski definition) is 1. The molecule has 0 aromatic carbocycles. The molecular formula is C11H16N4O. The number of carbonyl (C=O) groups is 1. The average molecular weight is 220 g/mol. The topological polar surface area (TPSA) is 58.1 Å². The van der Waals surface area contributed by atoms with Crippen molar-refractivity contribution < 1.29 is 4.79 Å². The predicted octanol–water partition coefficient (Wildman–Crippen LogP) is 0.439. The van der Waals surface area contributed by atoms with Gasteiger partial charge in [-0.05, 0) is 12.8 Å². The van der Waals surface area contributed by atoms with Crippen LogP contribution in [0.1, 0.15) is 12.8 Å². The molecule has 0 bridgehead atoms. The van der Waals surface area contributed by atoms with Crippen LogP contribution in [0.3, 0.4) is 0 Å². The van der Waals surface area contributed by atoms with Gasteiger partial charge in [0.15, 0.2) is 0 Å². The first-order valence-corrected chi connectivity index (χ1v) is 5.54. The van der Waals surface area contributed by atoms with E-state index in [1.54, 1.807) is 25.6 Å². The summed E-state index contributed by atoms with van der Waals surface area (Å²) in [5, 5.41) is 2.71. The van der Waals surface area contributed by atoms with Gasteiger partial charge in [0.2, 0.25) is 5.91 Å². The molecule has 0 saturated carbocycles. The van der Waals surface area contributed by atoms with Crippen LogP contribution in [0.4, 0.5) is 5.82 Å². The van der Waals surface area contributed by atoms with Crippen LogP contribution in [0.15, 0.2) is 18.6 Å². The van der Waals surface area contributed by atoms with Crippen LogP contribution in [0.2, 0.25) is 0 Å². The Balaban J connectivity index is 2.05. The van der Waals surface area contributed by atoms with Gasteiger partial charge in [0.1, 0.15) is 5.82 Å². The van der Waals surface area contributed by atoms with E-state index in [1.807, 2.05) is 0 Å². The third-order valence-corrected chi connectivity index (χ3v) is 2.91. The Morgan fingerprint density at radius 3 is 3.12 bits per heavy atom. The summed E-state index contributed by atoms with van der Waals surface area (Å²) in [4.78, 5) is 22.0. The zero-order chi connectivity index (χ0) is 11.4. The fraction of sp³-hybridized carbons (Fsp3) is 0.545. The number of anilines is 1. The summed E-state index contributed by atoms with van der Waals surface area (Å²) in [5.41, 5.74) is 0. The molecule has 1 aromatic rings. The van der Waals surface area contributed by atoms with Gasteiger partial charge in [-0.25, -0.2) is 4.98 Å². The second kappa shape index (κ2) is 4.92. The first-order valence-electron chi connectivity index (χ1n) is 5.54. The lowest BCUT2D eigenvalue weighted by Crippen LogP contribution is -2.42. The van der Waals surface area contributed by atoms with Crippen molar-refractivity contribution in [3.8, 4) is 0 Å². The van der Waals surface area contributed by atoms with E-state index in [1.165, 1.54) is 0 Å². The molecule has 5 nitrogen and oxygen atoms in total. The molecule has 1 atom stereocenters. The summed E-state index contributed by atoms with van der Waals surface area (Å²) in [6, 6.07) is 0. The number of amides is 1. The van der Waals surface area contributed by atoms with Crippen LogP contribution < -0.4 is 10.2 Å². The highest BCUT2D eigenvalue weighted by Gasteiger charge is 2.25. The van der Waals surface area contributed by atoms with Crippen LogP contribution in [0.5, 0.6) is 0 Å². The maximum Gasteiger partial charge on any atom is 0.224 e. The lowest BCUT2D eigenvalue weighted by molar-refractivity contribution is -0.124. The Morgan fingerprint density at radius 1 is 1.56 bits per heavy atom. The van der Waals surface area contributed by atoms with Crippen molar-refractivity contribution in [1.82, 2.24) is 15.3 Å². The standard InChI is InChI=1S/C11H16N4O/c1-12-11(16)9-3-2-6-15(8-9)10-7-13-4-5-14-10/h4-5,7,9H,2-3,6,8H2,1H3,(H,12,16). The molecule has 2 heterocycles. The second-order valence-corrected chi connectivity index (χ2v) is 3.96. The highest BCUT2D eigenvalue weighted by Crippen LogP contribution is 2.20. The first-order chi connectivity index (χ1) is 7.81. The highest BCUT2D eigenvalue weighted by atomic mass is 16.1. The number of aromatic nitrogens is 2. The zero-order valence-corrected chi connectivity index (χ0v) is 9.39. The molecule has 1 N–H and O–H groups in total. The largest absolute Gasteiger partial charge is 0.359 e. The SMILES string of the molecule is CNC(=O)C1CCCN(c2cnccn2)C1. The third-order valence-electron chi connectivity index (χ3n) is 2.91. The van der Waals surface area contributed by atoms with Gasteiger partial charge >= 0.3 is 0 Å². The molecule has 1 aromatic heterocycles. The zero-order valence-electron chi connectivity index (χ0n) is 9.39. The fourth-order valence-corrected chi connectivity index (χ4v) is 2.06. The van der Waals surface area contributed by atoms with Gasteiger partial charge in [0, 0.05) is 32.5 Å². The van der Waals surface area contributed by atoms with Gasteiger partial charge in [-0.2, -0.15) is 0 Å². The van der Waals surface area contributed by atoms with Crippen LogP contribution in [0.25, 0.3) is 0 Å². The molecule has 0 radical (unpaired) electrons. The number of piperidine rings is 1. The van der Waals surface area contributed by atoms with Gasteiger partial charge in [0.25, 0.3) is 0 Å². The normalized spacial score (nSPS) is 20.6. The van der Waals surface area contributed by atoms with Crippen molar-refractivity contribution >= 4 is 11.7 Å². The molecule has 5 heteroatoms. The number of hydrogen-bond acceptors (Lipinski definition) is 4. The molecule has 0 aliphatic carbocycles. The van der Waals surface area contributed by atoms with E-state index >= 15 is 0 Å². The van der Waals surface area contributed by atoms with Crippen molar-refractivity contribution in [2.24, 2.45) is 5.92 Å². The van der Waals surface area contributed by atoms with Crippen molar-refractivity contribution in [3.05, 3.63) is 18.6 Å². The van der Waals surface area contributed by atoms with Crippen molar-refractivity contribution in [3.63, 3.8) is 0 Å². The molecule has 1 unspecified atom stereocenters. The predicted molar refractivity (Wildman–Crippen MR) is 61.0 cm³/mol. The Morgan fingerprint density at radius 2 is 2.44 bits per heavy atom. The fourth-order valence-electron chi connectivity index (χ4n) is 2.06. The Labute approximate surface area is 94.9 Å². The maximum absolute atomic E-state index is 11.6. The summed E-state index contributed by atoms with van der Waals surface area (Å²) in [5.74, 6) is 1.05. The molecular weight excluding hydrogens is 204 g/mol. The Hall–Kier alpha value is -1.65. The summed E-state index contributed by atoms with van der Waals surface area (Å²) >= 11 is 0. The Bertz CT molecular complexity index is 354. The van der Waals surface area contributed by atoms with Crippen LogP contribution in [-0.2, 0) is 4.79 Å². The second-order valence-electron chi connectivity index (χ2n) is 3.96. The van der Waals surface area contributed by atoms with Gasteiger partial charge < -0.3 is 10.2 Å². The van der Waals surface area contributed by atoms with Gasteiger partial charge in [-0.1, -0.05) is 0 Å². The summed E-state index contributed by atoms with van der Waals surface area (Å²) in [6.07, 6.45) is 7.06. The van der Waals surface area contributed by atoms with Crippen LogP contribution in [-0.4, -0.2) is 36.0 Å². The molecule has 1 aliphatic heterocycles. The molecule has 2 rings (SSSR count). The van der Waals surface area contributed by atoms with E-state index < -0.39 is 0 Å². The lowest BCUT2D eigenvalue weighted by Gasteiger charge is -2.32. The average Bonchev–Trinajstić information content (AvgIpc) is 2.39. The van der Waals surface area contributed by atoms with Crippen LogP contribution in [0, 0.1) is 5.92 Å². The molecule has 1 amide bonds. The molecule has 0 spiro atoms. The van der Waals surface area contributed by atoms with Gasteiger partial charge in [0.05, 0.1) is 12.1 Å². The van der Waals surface area contributed by atoms with E-state index in [4.69, 9.17) is 0 Å². The summed E-state index contributed by atoms with van der Waals surface area (Å²) < 4.78 is 0. The van der Waals surface area contributed by atoms with Gasteiger partial charge in [-0.15, -0.1) is 0 Å². The van der Waals surface area contributed by atoms with E-state index in [-0.39, 0.29) is 11.8 Å². The molecule has 86 valence electrons. The maximum atomic E-state index is 11.6. The molecule has 1 saturated heterocycles. The van der Waals surface area contributed by atoms with Crippen molar-refractivity contribution in [1.29, 1.82) is 0 Å². The summed E-state index contributed by atoms with van der Waals surface area (Å²) in [6.45, 7) is 1.69. The minimum absolute atomic E-state index is 0.0701. The van der Waals surface area contributed by atoms with Gasteiger partial charge in [-0.3, -0.25) is 9.78 Å². The third kappa shape index (κ3) is 2.29. The quantitative estimate of drug-likeness (QED) is 0.785. The first kappa shape index (κ1) is 10.9. The Kier molecular flexibility index (Phi) is 3.34. The minimum Gasteiger partial charge on any atom is -0.359 e. The monoisotopic (exact) mass is 220 g/mol. The van der Waals surface area contributed by atoms with Crippen molar-refractivity contribution in [2.45, 2.75) is 12.8 Å². The molecule has 1 aliphatic rings. The molecule has 16 heavy (non-hydrogen) atoms. The van der Waals surface area contributed by atoms with Crippen LogP contribution >= 0.6 is 0 Å². The minimum atomic E-state index is 0.0701. The van der Waals surface area contributed by atoms with E-state index in [0.29, 0.717) is 0 Å². The lowest BCUT2D eigenvalue weighted by atomic mass is 9.97. The number of rotatable bonds is 2. The van der Waals surface area contributed by atoms with E-state index in [9.17, 15) is 4.79 Å². The summed E-state index contributed by atoms with van der Waals surface area (Å²) in [7, 11) is 1.68. The van der Waals surface area contributed by atoms with E-state index in [2.05, 4.69) is 20.2 Å². The van der Waals surface area contributed by atoms with Crippen molar-refractivity contribution in [2.75, 3.05) is 25.0 Å². The number of nitrogens with one attached hydrogen (secondary N) is 1. The smallest absolute Gasteiger partial charge is 0.224 e. The highest BCUT2D eigenvalue weighted by molar-refractivity contribution is 5.79. The number of carbonyl (C=O) groups excluding carboxylic acids is 1.